The molecule has 0 aliphatic heterocycles. The van der Waals surface area contributed by atoms with Gasteiger partial charge < -0.3 is 10.6 Å². The van der Waals surface area contributed by atoms with Crippen molar-refractivity contribution in [1.29, 1.82) is 0 Å². The molecule has 0 radical (unpaired) electrons. The van der Waals surface area contributed by atoms with Gasteiger partial charge in [0.05, 0.1) is 8.66 Å². The van der Waals surface area contributed by atoms with Crippen molar-refractivity contribution in [1.82, 2.24) is 10.6 Å². The Labute approximate surface area is 119 Å². The van der Waals surface area contributed by atoms with Gasteiger partial charge in [-0.1, -0.05) is 6.92 Å². The smallest absolute Gasteiger partial charge is 0.261 e. The topological polar surface area (TPSA) is 58.2 Å². The maximum Gasteiger partial charge on any atom is 0.261 e. The van der Waals surface area contributed by atoms with Crippen LogP contribution in [0.2, 0.25) is 0 Å². The lowest BCUT2D eigenvalue weighted by Crippen LogP contribution is -2.35. The summed E-state index contributed by atoms with van der Waals surface area (Å²) in [5.41, 5.74) is 0. The van der Waals surface area contributed by atoms with Gasteiger partial charge in [-0.2, -0.15) is 0 Å². The van der Waals surface area contributed by atoms with E-state index in [4.69, 9.17) is 0 Å². The summed E-state index contributed by atoms with van der Waals surface area (Å²) in [5.74, 6) is -0.168. The highest BCUT2D eigenvalue weighted by Crippen LogP contribution is 2.21. The Hall–Kier alpha value is -0.880. The van der Waals surface area contributed by atoms with Crippen molar-refractivity contribution in [3.63, 3.8) is 0 Å². The minimum Gasteiger partial charge on any atom is -0.354 e. The third-order valence-corrected chi connectivity index (χ3v) is 4.08. The second-order valence-corrected chi connectivity index (χ2v) is 6.45. The second kappa shape index (κ2) is 7.53. The zero-order valence-corrected chi connectivity index (χ0v) is 12.9. The number of hydrogen-bond donors (Lipinski definition) is 2. The molecule has 2 amide bonds. The number of halogens is 1. The fourth-order valence-electron chi connectivity index (χ4n) is 1.26. The van der Waals surface area contributed by atoms with E-state index in [1.165, 1.54) is 11.3 Å². The monoisotopic (exact) mass is 332 g/mol. The predicted molar refractivity (Wildman–Crippen MR) is 76.9 cm³/mol. The number of carbonyl (C=O) groups is 2. The van der Waals surface area contributed by atoms with Gasteiger partial charge in [-0.15, -0.1) is 11.3 Å². The van der Waals surface area contributed by atoms with Gasteiger partial charge >= 0.3 is 0 Å². The molecule has 1 aromatic rings. The van der Waals surface area contributed by atoms with Gasteiger partial charge in [0.1, 0.15) is 0 Å². The van der Waals surface area contributed by atoms with Crippen LogP contribution in [0.5, 0.6) is 0 Å². The van der Waals surface area contributed by atoms with Crippen LogP contribution in [0, 0.1) is 0 Å². The molecule has 0 saturated heterocycles. The van der Waals surface area contributed by atoms with Gasteiger partial charge in [0.2, 0.25) is 5.91 Å². The van der Waals surface area contributed by atoms with E-state index in [1.54, 1.807) is 6.07 Å². The van der Waals surface area contributed by atoms with Crippen molar-refractivity contribution in [2.45, 2.75) is 32.7 Å². The molecular weight excluding hydrogens is 316 g/mol. The lowest BCUT2D eigenvalue weighted by Gasteiger charge is -2.11. The Morgan fingerprint density at radius 2 is 2.17 bits per heavy atom. The summed E-state index contributed by atoms with van der Waals surface area (Å²) >= 11 is 4.67. The molecule has 2 N–H and O–H groups in total. The average molecular weight is 333 g/mol. The molecule has 1 aromatic heterocycles. The maximum atomic E-state index is 11.7. The molecule has 1 atom stereocenters. The van der Waals surface area contributed by atoms with E-state index in [0.29, 0.717) is 17.8 Å². The summed E-state index contributed by atoms with van der Waals surface area (Å²) in [6.07, 6.45) is 1.21. The summed E-state index contributed by atoms with van der Waals surface area (Å²) in [5, 5.41) is 5.58. The molecule has 100 valence electrons. The van der Waals surface area contributed by atoms with Crippen molar-refractivity contribution in [3.05, 3.63) is 20.8 Å². The van der Waals surface area contributed by atoms with Crippen LogP contribution in [-0.4, -0.2) is 24.4 Å². The summed E-state index contributed by atoms with van der Waals surface area (Å²) < 4.78 is 0.919. The molecule has 0 bridgehead atoms. The Balaban J connectivity index is 2.25. The van der Waals surface area contributed by atoms with E-state index < -0.39 is 0 Å². The van der Waals surface area contributed by atoms with Crippen LogP contribution in [0.25, 0.3) is 0 Å². The first kappa shape index (κ1) is 15.2. The lowest BCUT2D eigenvalue weighted by atomic mass is 10.2. The average Bonchev–Trinajstić information content (AvgIpc) is 2.75. The molecule has 1 heterocycles. The van der Waals surface area contributed by atoms with Crippen molar-refractivity contribution in [2.75, 3.05) is 6.54 Å². The van der Waals surface area contributed by atoms with Gasteiger partial charge in [-0.25, -0.2) is 0 Å². The third-order valence-electron chi connectivity index (χ3n) is 2.45. The number of nitrogens with one attached hydrogen (secondary N) is 2. The SMILES string of the molecule is CCC(C)NC(=O)CCNC(=O)c1ccc(Br)s1. The van der Waals surface area contributed by atoms with Gasteiger partial charge in [0.25, 0.3) is 5.91 Å². The maximum absolute atomic E-state index is 11.7. The van der Waals surface area contributed by atoms with E-state index >= 15 is 0 Å². The molecule has 0 aliphatic rings. The van der Waals surface area contributed by atoms with Crippen molar-refractivity contribution in [2.24, 2.45) is 0 Å². The largest absolute Gasteiger partial charge is 0.354 e. The quantitative estimate of drug-likeness (QED) is 0.841. The Morgan fingerprint density at radius 3 is 2.72 bits per heavy atom. The van der Waals surface area contributed by atoms with Gasteiger partial charge in [-0.3, -0.25) is 9.59 Å². The molecule has 1 rings (SSSR count). The first-order chi connectivity index (χ1) is 8.52. The highest BCUT2D eigenvalue weighted by Gasteiger charge is 2.09. The van der Waals surface area contributed by atoms with Crippen LogP contribution in [0.4, 0.5) is 0 Å². The molecule has 0 aliphatic carbocycles. The van der Waals surface area contributed by atoms with Crippen LogP contribution in [0.3, 0.4) is 0 Å². The van der Waals surface area contributed by atoms with Gasteiger partial charge in [-0.05, 0) is 41.4 Å². The highest BCUT2D eigenvalue weighted by atomic mass is 79.9. The Kier molecular flexibility index (Phi) is 6.35. The van der Waals surface area contributed by atoms with Gasteiger partial charge in [0, 0.05) is 19.0 Å². The number of amides is 2. The van der Waals surface area contributed by atoms with E-state index in [-0.39, 0.29) is 17.9 Å². The molecule has 1 unspecified atom stereocenters. The first-order valence-corrected chi connectivity index (χ1v) is 7.46. The zero-order valence-electron chi connectivity index (χ0n) is 10.5. The number of rotatable bonds is 6. The van der Waals surface area contributed by atoms with Crippen LogP contribution < -0.4 is 10.6 Å². The minimum atomic E-state index is -0.137. The summed E-state index contributed by atoms with van der Waals surface area (Å²) in [4.78, 5) is 23.8. The van der Waals surface area contributed by atoms with Gasteiger partial charge in [0.15, 0.2) is 0 Å². The Bertz CT molecular complexity index is 420. The van der Waals surface area contributed by atoms with Crippen molar-refractivity contribution in [3.8, 4) is 0 Å². The van der Waals surface area contributed by atoms with E-state index in [1.807, 2.05) is 19.9 Å². The van der Waals surface area contributed by atoms with Crippen LogP contribution in [-0.2, 0) is 4.79 Å². The molecule has 18 heavy (non-hydrogen) atoms. The molecule has 0 saturated carbocycles. The standard InChI is InChI=1S/C12H17BrN2O2S/c1-3-8(2)15-11(16)6-7-14-12(17)9-4-5-10(13)18-9/h4-5,8H,3,6-7H2,1-2H3,(H,14,17)(H,15,16). The lowest BCUT2D eigenvalue weighted by molar-refractivity contribution is -0.121. The third kappa shape index (κ3) is 5.18. The normalized spacial score (nSPS) is 11.9. The van der Waals surface area contributed by atoms with Crippen LogP contribution >= 0.6 is 27.3 Å². The molecule has 4 nitrogen and oxygen atoms in total. The molecular formula is C12H17BrN2O2S. The number of thiophene rings is 1. The molecule has 6 heteroatoms. The summed E-state index contributed by atoms with van der Waals surface area (Å²) in [6.45, 7) is 4.33. The van der Waals surface area contributed by atoms with E-state index in [0.717, 1.165) is 10.2 Å². The first-order valence-electron chi connectivity index (χ1n) is 5.85. The molecule has 0 spiro atoms. The molecule has 0 fully saturated rings. The van der Waals surface area contributed by atoms with Crippen LogP contribution in [0.15, 0.2) is 15.9 Å². The second-order valence-electron chi connectivity index (χ2n) is 3.99. The zero-order chi connectivity index (χ0) is 13.5. The van der Waals surface area contributed by atoms with Crippen molar-refractivity contribution < 1.29 is 9.59 Å². The van der Waals surface area contributed by atoms with E-state index in [9.17, 15) is 9.59 Å². The van der Waals surface area contributed by atoms with E-state index in [2.05, 4.69) is 26.6 Å². The fraction of sp³-hybridized carbons (Fsp3) is 0.500. The molecule has 0 aromatic carbocycles. The van der Waals surface area contributed by atoms with Crippen molar-refractivity contribution >= 4 is 39.1 Å². The predicted octanol–water partition coefficient (Wildman–Crippen LogP) is 2.55. The highest BCUT2D eigenvalue weighted by molar-refractivity contribution is 9.11. The minimum absolute atomic E-state index is 0.0305. The Morgan fingerprint density at radius 1 is 1.44 bits per heavy atom. The number of carbonyl (C=O) groups excluding carboxylic acids is 2. The summed E-state index contributed by atoms with van der Waals surface area (Å²) in [6, 6.07) is 3.76. The fourth-order valence-corrected chi connectivity index (χ4v) is 2.56. The van der Waals surface area contributed by atoms with Crippen LogP contribution in [0.1, 0.15) is 36.4 Å². The number of hydrogen-bond acceptors (Lipinski definition) is 3. The summed E-state index contributed by atoms with van der Waals surface area (Å²) in [7, 11) is 0.